The zero-order chi connectivity index (χ0) is 28.3. The molecule has 2 aromatic rings. The minimum absolute atomic E-state index is 0. The van der Waals surface area contributed by atoms with Crippen LogP contribution in [0.25, 0.3) is 22.1 Å². The second kappa shape index (κ2) is 21.8. The van der Waals surface area contributed by atoms with Crippen LogP contribution in [-0.4, -0.2) is 73.2 Å². The summed E-state index contributed by atoms with van der Waals surface area (Å²) in [6, 6.07) is 21.5. The smallest absolute Gasteiger partial charge is 0.673 e. The molecule has 2 N–H and O–H groups in total. The standard InChI is InChI=1S/C24H34N4.2C4H10N.Zr/c1-3-9-23(10-4-1)21-27-17-7-13-26-16-20-28(18-8-14-25-15-19-27)22-24-11-5-2-6-12-24;2*1-4(2,3)5;/h1-6,9-12H,7-8,13-22H2;2*5H,1-3H3;/q-2;2*-1;+4. The van der Waals surface area contributed by atoms with Gasteiger partial charge in [-0.3, -0.25) is 0 Å². The fourth-order valence-corrected chi connectivity index (χ4v) is 3.68. The number of nitrogens with zero attached hydrogens (tertiary/aromatic N) is 4. The first-order chi connectivity index (χ1) is 17.9. The van der Waals surface area contributed by atoms with Crippen LogP contribution in [0.1, 0.15) is 65.5 Å². The van der Waals surface area contributed by atoms with Crippen molar-refractivity contribution in [3.63, 3.8) is 0 Å². The molecule has 216 valence electrons. The summed E-state index contributed by atoms with van der Waals surface area (Å²) in [7, 11) is 0. The predicted octanol–water partition coefficient (Wildman–Crippen LogP) is 8.20. The van der Waals surface area contributed by atoms with E-state index in [0.717, 1.165) is 78.3 Å². The topological polar surface area (TPSA) is 82.3 Å². The SMILES string of the molecule is CC(C)(C)[NH-].CC(C)(C)[NH-].[Zr+4].c1ccc(CN2CCC[N-]CCN(Cc3ccccc3)CCC[N-]CC2)cc1. The van der Waals surface area contributed by atoms with Gasteiger partial charge in [-0.25, -0.2) is 0 Å². The summed E-state index contributed by atoms with van der Waals surface area (Å²) < 4.78 is 0. The third kappa shape index (κ3) is 27.0. The molecule has 1 heterocycles. The number of nitrogens with one attached hydrogen (secondary N) is 2. The van der Waals surface area contributed by atoms with E-state index in [1.54, 1.807) is 0 Å². The van der Waals surface area contributed by atoms with Crippen molar-refractivity contribution in [2.45, 2.75) is 78.6 Å². The van der Waals surface area contributed by atoms with Gasteiger partial charge in [-0.05, 0) is 37.3 Å². The van der Waals surface area contributed by atoms with Crippen LogP contribution in [0, 0.1) is 0 Å². The monoisotopic (exact) mass is 612 g/mol. The maximum atomic E-state index is 6.94. The van der Waals surface area contributed by atoms with Gasteiger partial charge in [0.2, 0.25) is 0 Å². The quantitative estimate of drug-likeness (QED) is 0.348. The van der Waals surface area contributed by atoms with E-state index >= 15 is 0 Å². The van der Waals surface area contributed by atoms with Crippen molar-refractivity contribution in [1.82, 2.24) is 9.80 Å². The number of rotatable bonds is 4. The molecule has 6 nitrogen and oxygen atoms in total. The summed E-state index contributed by atoms with van der Waals surface area (Å²) >= 11 is 0. The Morgan fingerprint density at radius 1 is 0.564 bits per heavy atom. The zero-order valence-corrected chi connectivity index (χ0v) is 28.0. The van der Waals surface area contributed by atoms with E-state index < -0.39 is 0 Å². The first kappa shape index (κ1) is 38.1. The van der Waals surface area contributed by atoms with Gasteiger partial charge < -0.3 is 31.9 Å². The van der Waals surface area contributed by atoms with Crippen LogP contribution in [0.3, 0.4) is 0 Å². The number of hydrogen-bond acceptors (Lipinski definition) is 2. The molecule has 0 amide bonds. The van der Waals surface area contributed by atoms with Crippen molar-refractivity contribution in [3.05, 3.63) is 93.9 Å². The Labute approximate surface area is 259 Å². The molecule has 0 aliphatic carbocycles. The van der Waals surface area contributed by atoms with Gasteiger partial charge in [-0.1, -0.05) is 115 Å². The second-order valence-corrected chi connectivity index (χ2v) is 12.1. The number of hydrogen-bond donors (Lipinski definition) is 0. The molecular weight excluding hydrogens is 560 g/mol. The van der Waals surface area contributed by atoms with Crippen LogP contribution in [0.15, 0.2) is 60.7 Å². The molecule has 1 fully saturated rings. The van der Waals surface area contributed by atoms with E-state index in [2.05, 4.69) is 70.5 Å². The predicted molar refractivity (Wildman–Crippen MR) is 167 cm³/mol. The van der Waals surface area contributed by atoms with Crippen molar-refractivity contribution in [1.29, 1.82) is 0 Å². The zero-order valence-electron chi connectivity index (χ0n) is 25.5. The first-order valence-electron chi connectivity index (χ1n) is 14.2. The van der Waals surface area contributed by atoms with Gasteiger partial charge in [-0.15, -0.1) is 37.3 Å². The molecule has 0 bridgehead atoms. The van der Waals surface area contributed by atoms with Gasteiger partial charge >= 0.3 is 26.2 Å². The molecule has 7 heteroatoms. The van der Waals surface area contributed by atoms with Crippen LogP contribution in [0.2, 0.25) is 0 Å². The Bertz CT molecular complexity index is 707. The molecule has 0 radical (unpaired) electrons. The average molecular weight is 614 g/mol. The average Bonchev–Trinajstić information content (AvgIpc) is 2.82. The fourth-order valence-electron chi connectivity index (χ4n) is 3.68. The van der Waals surface area contributed by atoms with Crippen molar-refractivity contribution in [3.8, 4) is 0 Å². The molecule has 1 aliphatic rings. The summed E-state index contributed by atoms with van der Waals surface area (Å²) in [5.74, 6) is 0. The molecular formula is C32H54N6Zr. The van der Waals surface area contributed by atoms with Crippen LogP contribution >= 0.6 is 0 Å². The molecule has 1 aliphatic heterocycles. The molecule has 0 unspecified atom stereocenters. The summed E-state index contributed by atoms with van der Waals surface area (Å²) in [5.41, 5.74) is 16.1. The minimum atomic E-state index is -0.250. The van der Waals surface area contributed by atoms with E-state index in [1.165, 1.54) is 11.1 Å². The molecule has 0 aromatic heterocycles. The van der Waals surface area contributed by atoms with Crippen molar-refractivity contribution in [2.75, 3.05) is 52.4 Å². The van der Waals surface area contributed by atoms with Crippen LogP contribution in [-0.2, 0) is 39.3 Å². The molecule has 3 rings (SSSR count). The molecule has 2 aromatic carbocycles. The molecule has 0 saturated carbocycles. The van der Waals surface area contributed by atoms with Gasteiger partial charge in [0.05, 0.1) is 0 Å². The Morgan fingerprint density at radius 2 is 0.872 bits per heavy atom. The largest absolute Gasteiger partial charge is 4.00 e. The maximum absolute atomic E-state index is 6.94. The van der Waals surface area contributed by atoms with Crippen molar-refractivity contribution in [2.24, 2.45) is 0 Å². The minimum Gasteiger partial charge on any atom is -0.673 e. The van der Waals surface area contributed by atoms with E-state index in [9.17, 15) is 0 Å². The van der Waals surface area contributed by atoms with Gasteiger partial charge in [-0.2, -0.15) is 0 Å². The summed E-state index contributed by atoms with van der Waals surface area (Å²) in [5, 5.41) is 9.60. The van der Waals surface area contributed by atoms with Crippen molar-refractivity contribution < 1.29 is 26.2 Å². The van der Waals surface area contributed by atoms with Gasteiger partial charge in [0.25, 0.3) is 0 Å². The Kier molecular flexibility index (Phi) is 21.3. The third-order valence-corrected chi connectivity index (χ3v) is 5.23. The van der Waals surface area contributed by atoms with Gasteiger partial charge in [0.15, 0.2) is 0 Å². The Balaban J connectivity index is 0.00000113. The van der Waals surface area contributed by atoms with Crippen LogP contribution in [0.4, 0.5) is 0 Å². The Morgan fingerprint density at radius 3 is 1.18 bits per heavy atom. The van der Waals surface area contributed by atoms with Gasteiger partial charge in [0.1, 0.15) is 0 Å². The van der Waals surface area contributed by atoms with Crippen LogP contribution < -0.4 is 0 Å². The Hall–Kier alpha value is -0.917. The first-order valence-corrected chi connectivity index (χ1v) is 14.2. The summed E-state index contributed by atoms with van der Waals surface area (Å²) in [6.07, 6.45) is 2.26. The third-order valence-electron chi connectivity index (χ3n) is 5.23. The van der Waals surface area contributed by atoms with E-state index in [0.29, 0.717) is 0 Å². The normalized spacial score (nSPS) is 16.8. The maximum Gasteiger partial charge on any atom is 4.00 e. The molecule has 39 heavy (non-hydrogen) atoms. The molecule has 0 atom stereocenters. The number of benzene rings is 2. The van der Waals surface area contributed by atoms with Crippen molar-refractivity contribution >= 4 is 0 Å². The van der Waals surface area contributed by atoms with E-state index in [1.807, 2.05) is 41.5 Å². The second-order valence-electron chi connectivity index (χ2n) is 12.1. The summed E-state index contributed by atoms with van der Waals surface area (Å²) in [6.45, 7) is 21.2. The van der Waals surface area contributed by atoms with Crippen LogP contribution in [0.5, 0.6) is 0 Å². The van der Waals surface area contributed by atoms with Gasteiger partial charge in [0, 0.05) is 13.1 Å². The van der Waals surface area contributed by atoms with E-state index in [4.69, 9.17) is 22.1 Å². The van der Waals surface area contributed by atoms with E-state index in [-0.39, 0.29) is 37.3 Å². The molecule has 1 saturated heterocycles. The summed E-state index contributed by atoms with van der Waals surface area (Å²) in [4.78, 5) is 5.06. The molecule has 0 spiro atoms. The fraction of sp³-hybridized carbons (Fsp3) is 0.625.